The molecular formula is C31H38ClN3O6S. The maximum absolute atomic E-state index is 14.1. The second kappa shape index (κ2) is 14.9. The average molecular weight is 616 g/mol. The lowest BCUT2D eigenvalue weighted by molar-refractivity contribution is -0.139. The maximum Gasteiger partial charge on any atom is 0.264 e. The Morgan fingerprint density at radius 1 is 0.952 bits per heavy atom. The molecule has 0 saturated heterocycles. The van der Waals surface area contributed by atoms with Crippen LogP contribution in [-0.2, 0) is 26.2 Å². The molecule has 2 amide bonds. The molecule has 0 saturated carbocycles. The quantitative estimate of drug-likeness (QED) is 0.265. The van der Waals surface area contributed by atoms with E-state index in [1.54, 1.807) is 56.5 Å². The first-order chi connectivity index (χ1) is 20.0. The SMILES string of the molecule is CCOc1ccc(N(CC(=O)N(Cc2cccc(OC)c2)[C@@H](C)C(=O)N[C@@H](C)CC)S(=O)(=O)c2ccc(Cl)cc2)cc1. The summed E-state index contributed by atoms with van der Waals surface area (Å²) >= 11 is 6.01. The maximum atomic E-state index is 14.1. The van der Waals surface area contributed by atoms with Gasteiger partial charge in [-0.2, -0.15) is 0 Å². The Hall–Kier alpha value is -3.76. The summed E-state index contributed by atoms with van der Waals surface area (Å²) in [5, 5.41) is 3.30. The van der Waals surface area contributed by atoms with Gasteiger partial charge in [0.2, 0.25) is 11.8 Å². The first-order valence-corrected chi connectivity index (χ1v) is 15.6. The summed E-state index contributed by atoms with van der Waals surface area (Å²) in [6.07, 6.45) is 0.715. The summed E-state index contributed by atoms with van der Waals surface area (Å²) < 4.78 is 39.7. The predicted octanol–water partition coefficient (Wildman–Crippen LogP) is 5.27. The minimum atomic E-state index is -4.21. The number of hydrogen-bond donors (Lipinski definition) is 1. The van der Waals surface area contributed by atoms with Crippen LogP contribution < -0.4 is 19.1 Å². The number of hydrogen-bond acceptors (Lipinski definition) is 6. The molecule has 9 nitrogen and oxygen atoms in total. The predicted molar refractivity (Wildman–Crippen MR) is 164 cm³/mol. The summed E-state index contributed by atoms with van der Waals surface area (Å²) in [6.45, 7) is 7.26. The van der Waals surface area contributed by atoms with E-state index >= 15 is 0 Å². The number of nitrogens with one attached hydrogen (secondary N) is 1. The Kier molecular flexibility index (Phi) is 11.6. The number of benzene rings is 3. The molecule has 0 aromatic heterocycles. The van der Waals surface area contributed by atoms with E-state index in [2.05, 4.69) is 5.32 Å². The molecule has 3 aromatic carbocycles. The summed E-state index contributed by atoms with van der Waals surface area (Å²) in [4.78, 5) is 28.6. The average Bonchev–Trinajstić information content (AvgIpc) is 2.99. The Bertz CT molecular complexity index is 1450. The number of carbonyl (C=O) groups is 2. The van der Waals surface area contributed by atoms with E-state index in [9.17, 15) is 18.0 Å². The largest absolute Gasteiger partial charge is 0.497 e. The number of ether oxygens (including phenoxy) is 2. The molecule has 0 heterocycles. The fourth-order valence-corrected chi connectivity index (χ4v) is 5.69. The second-order valence-corrected chi connectivity index (χ2v) is 12.1. The van der Waals surface area contributed by atoms with Gasteiger partial charge in [-0.05, 0) is 93.4 Å². The van der Waals surface area contributed by atoms with Crippen LogP contribution in [0.5, 0.6) is 11.5 Å². The molecule has 42 heavy (non-hydrogen) atoms. The normalized spacial score (nSPS) is 12.6. The van der Waals surface area contributed by atoms with Crippen molar-refractivity contribution in [2.75, 3.05) is 24.6 Å². The molecule has 226 valence electrons. The van der Waals surface area contributed by atoms with Crippen LogP contribution in [0.1, 0.15) is 39.7 Å². The molecule has 0 aliphatic carbocycles. The lowest BCUT2D eigenvalue weighted by Crippen LogP contribution is -2.52. The van der Waals surface area contributed by atoms with Gasteiger partial charge in [0.05, 0.1) is 24.3 Å². The van der Waals surface area contributed by atoms with Crippen LogP contribution >= 0.6 is 11.6 Å². The van der Waals surface area contributed by atoms with Gasteiger partial charge in [-0.25, -0.2) is 8.42 Å². The zero-order chi connectivity index (χ0) is 30.9. The molecule has 0 unspecified atom stereocenters. The molecule has 0 radical (unpaired) electrons. The zero-order valence-electron chi connectivity index (χ0n) is 24.5. The molecular weight excluding hydrogens is 578 g/mol. The number of anilines is 1. The van der Waals surface area contributed by atoms with E-state index in [4.69, 9.17) is 21.1 Å². The molecule has 0 fully saturated rings. The van der Waals surface area contributed by atoms with Gasteiger partial charge in [0, 0.05) is 17.6 Å². The number of sulfonamides is 1. The number of rotatable bonds is 14. The van der Waals surface area contributed by atoms with E-state index in [-0.39, 0.29) is 29.1 Å². The first kappa shape index (κ1) is 32.8. The Labute approximate surface area is 253 Å². The van der Waals surface area contributed by atoms with Crippen LogP contribution in [-0.4, -0.2) is 57.5 Å². The fraction of sp³-hybridized carbons (Fsp3) is 0.355. The van der Waals surface area contributed by atoms with Crippen molar-refractivity contribution in [2.24, 2.45) is 0 Å². The zero-order valence-corrected chi connectivity index (χ0v) is 26.1. The number of amides is 2. The molecule has 0 aliphatic rings. The highest BCUT2D eigenvalue weighted by Gasteiger charge is 2.33. The highest BCUT2D eigenvalue weighted by Crippen LogP contribution is 2.27. The van der Waals surface area contributed by atoms with Gasteiger partial charge in [-0.1, -0.05) is 30.7 Å². The molecule has 0 spiro atoms. The molecule has 0 aliphatic heterocycles. The Morgan fingerprint density at radius 3 is 2.21 bits per heavy atom. The second-order valence-electron chi connectivity index (χ2n) is 9.76. The van der Waals surface area contributed by atoms with Gasteiger partial charge in [0.25, 0.3) is 10.0 Å². The van der Waals surface area contributed by atoms with Gasteiger partial charge in [0.15, 0.2) is 0 Å². The molecule has 11 heteroatoms. The molecule has 0 bridgehead atoms. The molecule has 3 rings (SSSR count). The highest BCUT2D eigenvalue weighted by atomic mass is 35.5. The van der Waals surface area contributed by atoms with Crippen LogP contribution in [0.4, 0.5) is 5.69 Å². The van der Waals surface area contributed by atoms with E-state index in [1.165, 1.54) is 29.2 Å². The number of methoxy groups -OCH3 is 1. The number of halogens is 1. The van der Waals surface area contributed by atoms with Crippen LogP contribution in [0.2, 0.25) is 5.02 Å². The number of nitrogens with zero attached hydrogens (tertiary/aromatic N) is 2. The third kappa shape index (κ3) is 8.39. The minimum Gasteiger partial charge on any atom is -0.497 e. The van der Waals surface area contributed by atoms with E-state index in [1.807, 2.05) is 26.8 Å². The van der Waals surface area contributed by atoms with Gasteiger partial charge in [0.1, 0.15) is 24.1 Å². The van der Waals surface area contributed by atoms with Crippen molar-refractivity contribution in [3.63, 3.8) is 0 Å². The third-order valence-corrected chi connectivity index (χ3v) is 8.81. The lowest BCUT2D eigenvalue weighted by atomic mass is 10.1. The summed E-state index contributed by atoms with van der Waals surface area (Å²) in [7, 11) is -2.67. The monoisotopic (exact) mass is 615 g/mol. The van der Waals surface area contributed by atoms with Gasteiger partial charge >= 0.3 is 0 Å². The highest BCUT2D eigenvalue weighted by molar-refractivity contribution is 7.92. The van der Waals surface area contributed by atoms with E-state index < -0.39 is 28.5 Å². The van der Waals surface area contributed by atoms with Crippen LogP contribution in [0.3, 0.4) is 0 Å². The van der Waals surface area contributed by atoms with Crippen molar-refractivity contribution >= 4 is 39.1 Å². The number of carbonyl (C=O) groups excluding carboxylic acids is 2. The third-order valence-electron chi connectivity index (χ3n) is 6.77. The van der Waals surface area contributed by atoms with Crippen molar-refractivity contribution in [1.29, 1.82) is 0 Å². The summed E-state index contributed by atoms with van der Waals surface area (Å²) in [5.41, 5.74) is 0.985. The van der Waals surface area contributed by atoms with Crippen molar-refractivity contribution in [3.8, 4) is 11.5 Å². The van der Waals surface area contributed by atoms with Crippen molar-refractivity contribution in [2.45, 2.75) is 57.6 Å². The van der Waals surface area contributed by atoms with Crippen LogP contribution in [0, 0.1) is 0 Å². The van der Waals surface area contributed by atoms with Gasteiger partial charge in [-0.3, -0.25) is 13.9 Å². The Morgan fingerprint density at radius 2 is 1.62 bits per heavy atom. The molecule has 1 N–H and O–H groups in total. The summed E-state index contributed by atoms with van der Waals surface area (Å²) in [6, 6.07) is 18.3. The Balaban J connectivity index is 2.04. The van der Waals surface area contributed by atoms with E-state index in [0.29, 0.717) is 29.5 Å². The minimum absolute atomic E-state index is 0.0320. The standard InChI is InChI=1S/C31H38ClN3O6S/c1-6-22(3)33-31(37)23(4)34(20-24-9-8-10-28(19-24)40-5)30(36)21-35(26-13-15-27(16-14-26)41-7-2)42(38,39)29-17-11-25(32)12-18-29/h8-19,22-23H,6-7,20-21H2,1-5H3,(H,33,37)/t22-,23-/m0/s1. The van der Waals surface area contributed by atoms with Crippen molar-refractivity contribution in [1.82, 2.24) is 10.2 Å². The van der Waals surface area contributed by atoms with Crippen molar-refractivity contribution in [3.05, 3.63) is 83.4 Å². The van der Waals surface area contributed by atoms with Crippen LogP contribution in [0.15, 0.2) is 77.7 Å². The van der Waals surface area contributed by atoms with Gasteiger partial charge < -0.3 is 19.7 Å². The smallest absolute Gasteiger partial charge is 0.264 e. The molecule has 2 atom stereocenters. The van der Waals surface area contributed by atoms with E-state index in [0.717, 1.165) is 9.87 Å². The summed E-state index contributed by atoms with van der Waals surface area (Å²) in [5.74, 6) is 0.258. The van der Waals surface area contributed by atoms with Crippen LogP contribution in [0.25, 0.3) is 0 Å². The molecule has 3 aromatic rings. The van der Waals surface area contributed by atoms with Gasteiger partial charge in [-0.15, -0.1) is 0 Å². The van der Waals surface area contributed by atoms with Crippen molar-refractivity contribution < 1.29 is 27.5 Å². The topological polar surface area (TPSA) is 105 Å². The first-order valence-electron chi connectivity index (χ1n) is 13.7. The lowest BCUT2D eigenvalue weighted by Gasteiger charge is -2.32. The fourth-order valence-electron chi connectivity index (χ4n) is 4.15.